The highest BCUT2D eigenvalue weighted by molar-refractivity contribution is 7.07. The van der Waals surface area contributed by atoms with Crippen molar-refractivity contribution < 1.29 is 4.74 Å². The van der Waals surface area contributed by atoms with Gasteiger partial charge in [-0.2, -0.15) is 0 Å². The Morgan fingerprint density at radius 1 is 1.47 bits per heavy atom. The van der Waals surface area contributed by atoms with E-state index in [0.29, 0.717) is 6.61 Å². The maximum Gasteiger partial charge on any atom is 0.202 e. The third kappa shape index (κ3) is 3.54. The van der Waals surface area contributed by atoms with Crippen LogP contribution in [-0.4, -0.2) is 34.8 Å². The summed E-state index contributed by atoms with van der Waals surface area (Å²) in [4.78, 5) is 8.53. The van der Waals surface area contributed by atoms with Crippen LogP contribution in [0, 0.1) is 0 Å². The molecule has 0 saturated heterocycles. The number of rotatable bonds is 7. The molecule has 17 heavy (non-hydrogen) atoms. The molecular formula is C11H16N4OS. The molecule has 0 unspecified atom stereocenters. The zero-order valence-electron chi connectivity index (χ0n) is 9.80. The van der Waals surface area contributed by atoms with Crippen molar-refractivity contribution in [3.05, 3.63) is 29.0 Å². The highest BCUT2D eigenvalue weighted by atomic mass is 32.1. The van der Waals surface area contributed by atoms with Crippen molar-refractivity contribution >= 4 is 17.3 Å². The third-order valence-electron chi connectivity index (χ3n) is 2.40. The van der Waals surface area contributed by atoms with E-state index in [4.69, 9.17) is 4.74 Å². The van der Waals surface area contributed by atoms with E-state index >= 15 is 0 Å². The molecule has 0 radical (unpaired) electrons. The van der Waals surface area contributed by atoms with E-state index in [1.807, 2.05) is 11.7 Å². The van der Waals surface area contributed by atoms with Crippen LogP contribution in [0.2, 0.25) is 0 Å². The fourth-order valence-corrected chi connectivity index (χ4v) is 2.11. The molecule has 1 N–H and O–H groups in total. The molecule has 2 rings (SSSR count). The maximum atomic E-state index is 4.99. The normalized spacial score (nSPS) is 10.6. The number of nitrogens with zero attached hydrogens (tertiary/aromatic N) is 3. The van der Waals surface area contributed by atoms with Gasteiger partial charge in [-0.1, -0.05) is 0 Å². The largest absolute Gasteiger partial charge is 0.383 e. The van der Waals surface area contributed by atoms with Gasteiger partial charge < -0.3 is 14.6 Å². The van der Waals surface area contributed by atoms with Crippen LogP contribution >= 0.6 is 11.3 Å². The second-order valence-corrected chi connectivity index (χ2v) is 4.31. The van der Waals surface area contributed by atoms with Gasteiger partial charge in [0.2, 0.25) is 5.95 Å². The van der Waals surface area contributed by atoms with E-state index in [0.717, 1.165) is 31.2 Å². The lowest BCUT2D eigenvalue weighted by Crippen LogP contribution is -2.13. The fraction of sp³-hybridized carbons (Fsp3) is 0.455. The maximum absolute atomic E-state index is 4.99. The summed E-state index contributed by atoms with van der Waals surface area (Å²) in [5, 5.41) is 5.31. The van der Waals surface area contributed by atoms with E-state index in [2.05, 4.69) is 25.2 Å². The quantitative estimate of drug-likeness (QED) is 0.761. The molecule has 0 bridgehead atoms. The van der Waals surface area contributed by atoms with Crippen LogP contribution in [0.5, 0.6) is 0 Å². The molecule has 92 valence electrons. The molecule has 0 spiro atoms. The van der Waals surface area contributed by atoms with Gasteiger partial charge in [-0.25, -0.2) is 9.97 Å². The van der Waals surface area contributed by atoms with Gasteiger partial charge in [-0.05, 0) is 0 Å². The molecule has 0 aliphatic rings. The number of anilines is 1. The summed E-state index contributed by atoms with van der Waals surface area (Å²) in [5.74, 6) is 0.886. The van der Waals surface area contributed by atoms with Crippen molar-refractivity contribution in [2.24, 2.45) is 0 Å². The topological polar surface area (TPSA) is 52.0 Å². The summed E-state index contributed by atoms with van der Waals surface area (Å²) in [6, 6.07) is 0. The Morgan fingerprint density at radius 3 is 3.18 bits per heavy atom. The van der Waals surface area contributed by atoms with Gasteiger partial charge in [0, 0.05) is 44.4 Å². The van der Waals surface area contributed by atoms with Crippen LogP contribution in [0.25, 0.3) is 0 Å². The van der Waals surface area contributed by atoms with E-state index < -0.39 is 0 Å². The molecule has 0 atom stereocenters. The zero-order chi connectivity index (χ0) is 11.9. The molecule has 6 heteroatoms. The minimum atomic E-state index is 0.680. The molecule has 2 aromatic rings. The lowest BCUT2D eigenvalue weighted by Gasteiger charge is -2.08. The average Bonchev–Trinajstić information content (AvgIpc) is 2.97. The van der Waals surface area contributed by atoms with Crippen LogP contribution in [0.4, 0.5) is 5.95 Å². The monoisotopic (exact) mass is 252 g/mol. The van der Waals surface area contributed by atoms with Crippen molar-refractivity contribution in [2.75, 3.05) is 25.6 Å². The second kappa shape index (κ2) is 6.36. The number of aryl methyl sites for hydroxylation is 2. The van der Waals surface area contributed by atoms with E-state index in [1.165, 1.54) is 0 Å². The highest BCUT2D eigenvalue weighted by Gasteiger charge is 2.02. The van der Waals surface area contributed by atoms with Crippen LogP contribution in [-0.2, 0) is 17.7 Å². The van der Waals surface area contributed by atoms with Crippen molar-refractivity contribution in [1.29, 1.82) is 0 Å². The molecule has 2 aromatic heterocycles. The molecular weight excluding hydrogens is 236 g/mol. The van der Waals surface area contributed by atoms with Crippen LogP contribution in [0.15, 0.2) is 23.3 Å². The van der Waals surface area contributed by atoms with Gasteiger partial charge in [-0.15, -0.1) is 11.3 Å². The number of hydrogen-bond acceptors (Lipinski definition) is 5. The number of aromatic nitrogens is 3. The fourth-order valence-electron chi connectivity index (χ4n) is 1.52. The summed E-state index contributed by atoms with van der Waals surface area (Å²) >= 11 is 1.63. The molecule has 0 amide bonds. The number of thiazole rings is 1. The average molecular weight is 252 g/mol. The first-order chi connectivity index (χ1) is 8.40. The van der Waals surface area contributed by atoms with Crippen molar-refractivity contribution in [3.63, 3.8) is 0 Å². The second-order valence-electron chi connectivity index (χ2n) is 3.59. The zero-order valence-corrected chi connectivity index (χ0v) is 10.6. The van der Waals surface area contributed by atoms with Crippen LogP contribution in [0.1, 0.15) is 5.69 Å². The van der Waals surface area contributed by atoms with Crippen molar-refractivity contribution in [3.8, 4) is 0 Å². The minimum Gasteiger partial charge on any atom is -0.383 e. The van der Waals surface area contributed by atoms with Gasteiger partial charge in [-0.3, -0.25) is 0 Å². The number of ether oxygens (including phenoxy) is 1. The number of imidazole rings is 1. The Labute approximate surface area is 104 Å². The van der Waals surface area contributed by atoms with Crippen molar-refractivity contribution in [1.82, 2.24) is 14.5 Å². The first-order valence-electron chi connectivity index (χ1n) is 5.51. The minimum absolute atomic E-state index is 0.680. The van der Waals surface area contributed by atoms with Gasteiger partial charge in [0.1, 0.15) is 0 Å². The molecule has 0 fully saturated rings. The molecule has 0 aliphatic heterocycles. The highest BCUT2D eigenvalue weighted by Crippen LogP contribution is 2.07. The molecule has 5 nitrogen and oxygen atoms in total. The van der Waals surface area contributed by atoms with Gasteiger partial charge >= 0.3 is 0 Å². The Kier molecular flexibility index (Phi) is 4.52. The molecule has 2 heterocycles. The van der Waals surface area contributed by atoms with Gasteiger partial charge in [0.15, 0.2) is 0 Å². The SMILES string of the molecule is COCCNc1nccn1CCc1cscn1. The predicted molar refractivity (Wildman–Crippen MR) is 68.4 cm³/mol. The first kappa shape index (κ1) is 12.1. The van der Waals surface area contributed by atoms with Crippen LogP contribution < -0.4 is 5.32 Å². The molecule has 0 aliphatic carbocycles. The van der Waals surface area contributed by atoms with Crippen LogP contribution in [0.3, 0.4) is 0 Å². The Morgan fingerprint density at radius 2 is 2.41 bits per heavy atom. The standard InChI is InChI=1S/C11H16N4OS/c1-16-7-4-13-11-12-3-6-15(11)5-2-10-8-17-9-14-10/h3,6,8-9H,2,4-5,7H2,1H3,(H,12,13). The van der Waals surface area contributed by atoms with Crippen molar-refractivity contribution in [2.45, 2.75) is 13.0 Å². The third-order valence-corrected chi connectivity index (χ3v) is 3.03. The van der Waals surface area contributed by atoms with Gasteiger partial charge in [0.05, 0.1) is 17.8 Å². The van der Waals surface area contributed by atoms with E-state index in [-0.39, 0.29) is 0 Å². The Balaban J connectivity index is 1.85. The number of nitrogens with one attached hydrogen (secondary N) is 1. The summed E-state index contributed by atoms with van der Waals surface area (Å²) in [6.07, 6.45) is 4.70. The Bertz CT molecular complexity index is 426. The lowest BCUT2D eigenvalue weighted by atomic mass is 10.3. The number of hydrogen-bond donors (Lipinski definition) is 1. The summed E-state index contributed by atoms with van der Waals surface area (Å²) < 4.78 is 7.08. The predicted octanol–water partition coefficient (Wildman–Crippen LogP) is 1.64. The first-order valence-corrected chi connectivity index (χ1v) is 6.45. The number of methoxy groups -OCH3 is 1. The lowest BCUT2D eigenvalue weighted by molar-refractivity contribution is 0.210. The van der Waals surface area contributed by atoms with E-state index in [9.17, 15) is 0 Å². The summed E-state index contributed by atoms with van der Waals surface area (Å²) in [7, 11) is 1.69. The van der Waals surface area contributed by atoms with E-state index in [1.54, 1.807) is 24.6 Å². The van der Waals surface area contributed by atoms with Gasteiger partial charge in [0.25, 0.3) is 0 Å². The molecule has 0 saturated carbocycles. The smallest absolute Gasteiger partial charge is 0.202 e. The Hall–Kier alpha value is -1.40. The summed E-state index contributed by atoms with van der Waals surface area (Å²) in [5.41, 5.74) is 2.99. The molecule has 0 aromatic carbocycles. The summed E-state index contributed by atoms with van der Waals surface area (Å²) in [6.45, 7) is 2.34.